The number of aliphatic hydroxyl groups excluding tert-OH is 1. The van der Waals surface area contributed by atoms with Gasteiger partial charge in [0.05, 0.1) is 0 Å². The molecular weight excluding hydrogens is 272 g/mol. The average molecular weight is 302 g/mol. The summed E-state index contributed by atoms with van der Waals surface area (Å²) in [5.74, 6) is 1.34. The van der Waals surface area contributed by atoms with Crippen LogP contribution in [0.25, 0.3) is 0 Å². The second-order valence-corrected chi connectivity index (χ2v) is 8.35. The molecule has 0 saturated heterocycles. The van der Waals surface area contributed by atoms with Crippen LogP contribution in [0, 0.1) is 11.3 Å². The summed E-state index contributed by atoms with van der Waals surface area (Å²) in [5, 5.41) is 20.3. The summed E-state index contributed by atoms with van der Waals surface area (Å²) in [6.07, 6.45) is 5.68. The lowest BCUT2D eigenvalue weighted by Gasteiger charge is -2.55. The summed E-state index contributed by atoms with van der Waals surface area (Å²) >= 11 is 0. The highest BCUT2D eigenvalue weighted by Gasteiger charge is 2.51. The summed E-state index contributed by atoms with van der Waals surface area (Å²) in [7, 11) is 0. The summed E-state index contributed by atoms with van der Waals surface area (Å²) in [4.78, 5) is 0. The summed E-state index contributed by atoms with van der Waals surface area (Å²) in [6.45, 7) is 9.29. The van der Waals surface area contributed by atoms with Crippen LogP contribution in [-0.2, 0) is 11.8 Å². The molecule has 0 amide bonds. The van der Waals surface area contributed by atoms with E-state index in [9.17, 15) is 10.2 Å². The topological polar surface area (TPSA) is 40.5 Å². The van der Waals surface area contributed by atoms with Gasteiger partial charge in [-0.1, -0.05) is 40.2 Å². The number of aromatic hydroxyl groups is 1. The third kappa shape index (κ3) is 2.11. The third-order valence-electron chi connectivity index (χ3n) is 6.63. The van der Waals surface area contributed by atoms with Gasteiger partial charge < -0.3 is 10.2 Å². The Kier molecular flexibility index (Phi) is 3.79. The van der Waals surface area contributed by atoms with Crippen molar-refractivity contribution in [2.75, 3.05) is 6.61 Å². The van der Waals surface area contributed by atoms with Gasteiger partial charge >= 0.3 is 0 Å². The van der Waals surface area contributed by atoms with Crippen LogP contribution in [0.3, 0.4) is 0 Å². The monoisotopic (exact) mass is 302 g/mol. The molecule has 1 aromatic carbocycles. The molecule has 2 heteroatoms. The highest BCUT2D eigenvalue weighted by Crippen LogP contribution is 2.58. The Morgan fingerprint density at radius 1 is 1.23 bits per heavy atom. The zero-order valence-electron chi connectivity index (χ0n) is 14.4. The second-order valence-electron chi connectivity index (χ2n) is 8.35. The number of rotatable bonds is 2. The van der Waals surface area contributed by atoms with E-state index in [2.05, 4.69) is 33.8 Å². The Morgan fingerprint density at radius 2 is 1.95 bits per heavy atom. The van der Waals surface area contributed by atoms with Crippen molar-refractivity contribution >= 4 is 0 Å². The van der Waals surface area contributed by atoms with E-state index in [1.807, 2.05) is 6.07 Å². The lowest BCUT2D eigenvalue weighted by Crippen LogP contribution is -2.50. The van der Waals surface area contributed by atoms with E-state index in [-0.39, 0.29) is 17.4 Å². The van der Waals surface area contributed by atoms with Crippen LogP contribution in [0.15, 0.2) is 12.1 Å². The van der Waals surface area contributed by atoms with Gasteiger partial charge in [0.1, 0.15) is 5.75 Å². The highest BCUT2D eigenvalue weighted by molar-refractivity contribution is 5.51. The van der Waals surface area contributed by atoms with Crippen molar-refractivity contribution in [2.45, 2.75) is 71.1 Å². The second kappa shape index (κ2) is 5.26. The zero-order valence-corrected chi connectivity index (χ0v) is 14.4. The fraction of sp³-hybridized carbons (Fsp3) is 0.700. The van der Waals surface area contributed by atoms with E-state index in [1.165, 1.54) is 24.0 Å². The molecule has 0 bridgehead atoms. The largest absolute Gasteiger partial charge is 0.508 e. The molecule has 3 rings (SSSR count). The lowest BCUT2D eigenvalue weighted by atomic mass is 9.49. The first kappa shape index (κ1) is 15.9. The van der Waals surface area contributed by atoms with Crippen LogP contribution in [0.4, 0.5) is 0 Å². The van der Waals surface area contributed by atoms with Crippen LogP contribution < -0.4 is 0 Å². The van der Waals surface area contributed by atoms with E-state index >= 15 is 0 Å². The molecule has 0 radical (unpaired) electrons. The molecule has 3 atom stereocenters. The number of fused-ring (bicyclic) bond motifs is 3. The molecule has 2 aliphatic rings. The number of phenols is 1. The maximum atomic E-state index is 10.3. The fourth-order valence-electron chi connectivity index (χ4n) is 5.55. The van der Waals surface area contributed by atoms with Crippen molar-refractivity contribution in [2.24, 2.45) is 11.3 Å². The number of aliphatic hydroxyl groups is 1. The maximum Gasteiger partial charge on any atom is 0.119 e. The minimum Gasteiger partial charge on any atom is -0.508 e. The quantitative estimate of drug-likeness (QED) is 0.843. The number of phenolic OH excluding ortho intramolecular Hbond substituents is 1. The summed E-state index contributed by atoms with van der Waals surface area (Å²) < 4.78 is 0. The van der Waals surface area contributed by atoms with Crippen LogP contribution >= 0.6 is 0 Å². The van der Waals surface area contributed by atoms with E-state index in [4.69, 9.17) is 0 Å². The molecule has 2 N–H and O–H groups in total. The van der Waals surface area contributed by atoms with E-state index in [0.717, 1.165) is 24.8 Å². The molecule has 0 aliphatic heterocycles. The average Bonchev–Trinajstić information content (AvgIpc) is 2.46. The molecule has 0 unspecified atom stereocenters. The van der Waals surface area contributed by atoms with Crippen LogP contribution in [0.2, 0.25) is 0 Å². The molecule has 22 heavy (non-hydrogen) atoms. The van der Waals surface area contributed by atoms with Crippen molar-refractivity contribution in [3.8, 4) is 5.75 Å². The van der Waals surface area contributed by atoms with Crippen LogP contribution in [0.5, 0.6) is 5.75 Å². The predicted molar refractivity (Wildman–Crippen MR) is 90.4 cm³/mol. The molecule has 0 heterocycles. The number of hydrogen-bond donors (Lipinski definition) is 2. The van der Waals surface area contributed by atoms with Crippen LogP contribution in [-0.4, -0.2) is 16.8 Å². The third-order valence-corrected chi connectivity index (χ3v) is 6.63. The fourth-order valence-corrected chi connectivity index (χ4v) is 5.55. The van der Waals surface area contributed by atoms with Gasteiger partial charge in [-0.2, -0.15) is 0 Å². The SMILES string of the molecule is CC(C)c1c(O)ccc2c1CC[C@@H]1[C@@](C)(CO)CCC[C@]21C. The van der Waals surface area contributed by atoms with Crippen molar-refractivity contribution < 1.29 is 10.2 Å². The highest BCUT2D eigenvalue weighted by atomic mass is 16.3. The molecule has 1 saturated carbocycles. The lowest BCUT2D eigenvalue weighted by molar-refractivity contribution is -0.0180. The minimum atomic E-state index is 0.0422. The Bertz CT molecular complexity index is 577. The van der Waals surface area contributed by atoms with Gasteiger partial charge in [-0.3, -0.25) is 0 Å². The summed E-state index contributed by atoms with van der Waals surface area (Å²) in [5.41, 5.74) is 4.15. The molecule has 0 aromatic heterocycles. The van der Waals surface area contributed by atoms with Gasteiger partial charge in [0.25, 0.3) is 0 Å². The molecule has 2 aliphatic carbocycles. The van der Waals surface area contributed by atoms with Crippen molar-refractivity contribution in [1.82, 2.24) is 0 Å². The maximum absolute atomic E-state index is 10.3. The van der Waals surface area contributed by atoms with Gasteiger partial charge in [0.2, 0.25) is 0 Å². The molecule has 2 nitrogen and oxygen atoms in total. The van der Waals surface area contributed by atoms with E-state index in [1.54, 1.807) is 0 Å². The predicted octanol–water partition coefficient (Wildman–Crippen LogP) is 4.52. The minimum absolute atomic E-state index is 0.0422. The van der Waals surface area contributed by atoms with E-state index in [0.29, 0.717) is 17.6 Å². The molecule has 1 aromatic rings. The van der Waals surface area contributed by atoms with Crippen molar-refractivity contribution in [3.63, 3.8) is 0 Å². The molecule has 1 fully saturated rings. The van der Waals surface area contributed by atoms with Gasteiger partial charge in [-0.05, 0) is 71.1 Å². The first-order valence-corrected chi connectivity index (χ1v) is 8.79. The van der Waals surface area contributed by atoms with Crippen LogP contribution in [0.1, 0.15) is 76.0 Å². The van der Waals surface area contributed by atoms with Gasteiger partial charge in [-0.15, -0.1) is 0 Å². The van der Waals surface area contributed by atoms with Gasteiger partial charge in [-0.25, -0.2) is 0 Å². The van der Waals surface area contributed by atoms with E-state index < -0.39 is 0 Å². The smallest absolute Gasteiger partial charge is 0.119 e. The number of hydrogen-bond acceptors (Lipinski definition) is 2. The first-order valence-electron chi connectivity index (χ1n) is 8.79. The Hall–Kier alpha value is -1.02. The Morgan fingerprint density at radius 3 is 2.59 bits per heavy atom. The molecule has 0 spiro atoms. The van der Waals surface area contributed by atoms with Gasteiger partial charge in [0, 0.05) is 6.61 Å². The van der Waals surface area contributed by atoms with Crippen molar-refractivity contribution in [3.05, 3.63) is 28.8 Å². The molecule has 122 valence electrons. The van der Waals surface area contributed by atoms with Gasteiger partial charge in [0.15, 0.2) is 0 Å². The van der Waals surface area contributed by atoms with Crippen molar-refractivity contribution in [1.29, 1.82) is 0 Å². The normalized spacial score (nSPS) is 34.4. The summed E-state index contributed by atoms with van der Waals surface area (Å²) in [6, 6.07) is 4.05. The standard InChI is InChI=1S/C20H30O2/c1-13(2)18-14-6-9-17-19(3,12-21)10-5-11-20(17,4)15(14)7-8-16(18)22/h7-8,13,17,21-22H,5-6,9-12H2,1-4H3/t17-,19-,20-/m1/s1. The zero-order chi connectivity index (χ0) is 16.1. The molecular formula is C20H30O2. The number of benzene rings is 1. The Balaban J connectivity index is 2.16. The Labute approximate surface area is 134 Å². The first-order chi connectivity index (χ1) is 10.3.